The molecule has 4 heteroatoms. The zero-order valence-electron chi connectivity index (χ0n) is 35.6. The predicted molar refractivity (Wildman–Crippen MR) is 278 cm³/mol. The summed E-state index contributed by atoms with van der Waals surface area (Å²) in [5, 5.41) is 18.4. The van der Waals surface area contributed by atoms with Crippen LogP contribution in [0.25, 0.3) is 142 Å². The fourth-order valence-corrected chi connectivity index (χ4v) is 11.4. The summed E-state index contributed by atoms with van der Waals surface area (Å²) in [6.45, 7) is 0. The molecule has 66 heavy (non-hydrogen) atoms. The van der Waals surface area contributed by atoms with Crippen LogP contribution in [0.5, 0.6) is 0 Å². The molecule has 0 saturated carbocycles. The summed E-state index contributed by atoms with van der Waals surface area (Å²) >= 11 is 0. The molecule has 4 nitrogen and oxygen atoms in total. The standard InChI is InChI=1S/C62H36N4/c1-2-15-37(16-3-1)39-19-12-20-41(33-39)61-45-21-6-9-28-52(45)63-62(64-61)66-54-30-11-8-23-47(54)60-49-27-14-25-44-43-24-13-26-48-57(43)50(51(58(44)49)36-56(60)66)35-55-59(48)46-22-7-10-29-53(46)65(55)42-32-31-38-17-4-5-18-40(38)34-42/h1-36H. The molecule has 304 valence electrons. The van der Waals surface area contributed by atoms with Gasteiger partial charge in [0.15, 0.2) is 0 Å². The van der Waals surface area contributed by atoms with Gasteiger partial charge in [-0.1, -0.05) is 170 Å². The van der Waals surface area contributed by atoms with Crippen LogP contribution in [0.2, 0.25) is 0 Å². The summed E-state index contributed by atoms with van der Waals surface area (Å²) in [7, 11) is 0. The van der Waals surface area contributed by atoms with Gasteiger partial charge in [0, 0.05) is 38.2 Å². The Bertz CT molecular complexity index is 4520. The number of para-hydroxylation sites is 3. The summed E-state index contributed by atoms with van der Waals surface area (Å²) < 4.78 is 4.79. The van der Waals surface area contributed by atoms with Gasteiger partial charge in [0.1, 0.15) is 0 Å². The van der Waals surface area contributed by atoms with Crippen molar-refractivity contribution in [3.8, 4) is 34.0 Å². The molecule has 15 rings (SSSR count). The fourth-order valence-electron chi connectivity index (χ4n) is 11.4. The molecule has 0 aliphatic heterocycles. The average molecular weight is 837 g/mol. The fraction of sp³-hybridized carbons (Fsp3) is 0. The maximum atomic E-state index is 5.57. The molecular formula is C62H36N4. The molecule has 0 aliphatic rings. The predicted octanol–water partition coefficient (Wildman–Crippen LogP) is 16.4. The van der Waals surface area contributed by atoms with E-state index in [0.29, 0.717) is 5.95 Å². The summed E-state index contributed by atoms with van der Waals surface area (Å²) in [6, 6.07) is 79.6. The molecule has 0 spiro atoms. The molecule has 0 bridgehead atoms. The molecule has 0 fully saturated rings. The highest BCUT2D eigenvalue weighted by atomic mass is 15.2. The van der Waals surface area contributed by atoms with Gasteiger partial charge >= 0.3 is 0 Å². The Morgan fingerprint density at radius 2 is 0.803 bits per heavy atom. The number of rotatable bonds is 4. The molecule has 3 aromatic heterocycles. The first-order valence-electron chi connectivity index (χ1n) is 22.7. The van der Waals surface area contributed by atoms with Gasteiger partial charge in [-0.2, -0.15) is 0 Å². The van der Waals surface area contributed by atoms with Crippen molar-refractivity contribution in [2.75, 3.05) is 0 Å². The van der Waals surface area contributed by atoms with Crippen LogP contribution < -0.4 is 0 Å². The van der Waals surface area contributed by atoms with Crippen LogP contribution >= 0.6 is 0 Å². The Kier molecular flexibility index (Phi) is 7.19. The second kappa shape index (κ2) is 13.3. The minimum absolute atomic E-state index is 0.649. The van der Waals surface area contributed by atoms with Crippen molar-refractivity contribution in [3.05, 3.63) is 218 Å². The van der Waals surface area contributed by atoms with Crippen LogP contribution in [-0.2, 0) is 0 Å². The van der Waals surface area contributed by atoms with Crippen molar-refractivity contribution in [2.24, 2.45) is 0 Å². The minimum atomic E-state index is 0.649. The van der Waals surface area contributed by atoms with Gasteiger partial charge in [-0.25, -0.2) is 9.97 Å². The highest BCUT2D eigenvalue weighted by Gasteiger charge is 2.24. The number of nitrogens with zero attached hydrogens (tertiary/aromatic N) is 4. The van der Waals surface area contributed by atoms with Crippen LogP contribution in [0.3, 0.4) is 0 Å². The van der Waals surface area contributed by atoms with Gasteiger partial charge in [-0.15, -0.1) is 0 Å². The summed E-state index contributed by atoms with van der Waals surface area (Å²) in [4.78, 5) is 11.0. The molecule has 15 aromatic rings. The van der Waals surface area contributed by atoms with Crippen molar-refractivity contribution in [2.45, 2.75) is 0 Å². The third-order valence-corrected chi connectivity index (χ3v) is 14.2. The highest BCUT2D eigenvalue weighted by Crippen LogP contribution is 2.49. The van der Waals surface area contributed by atoms with E-state index in [2.05, 4.69) is 228 Å². The number of benzene rings is 12. The van der Waals surface area contributed by atoms with Gasteiger partial charge in [0.25, 0.3) is 0 Å². The molecule has 0 N–H and O–H groups in total. The molecule has 0 unspecified atom stereocenters. The molecule has 0 amide bonds. The van der Waals surface area contributed by atoms with Crippen LogP contribution in [0.1, 0.15) is 0 Å². The lowest BCUT2D eigenvalue weighted by Crippen LogP contribution is -2.03. The van der Waals surface area contributed by atoms with Crippen molar-refractivity contribution >= 4 is 108 Å². The highest BCUT2D eigenvalue weighted by molar-refractivity contribution is 6.41. The van der Waals surface area contributed by atoms with Crippen molar-refractivity contribution in [3.63, 3.8) is 0 Å². The smallest absolute Gasteiger partial charge is 0.235 e. The van der Waals surface area contributed by atoms with E-state index < -0.39 is 0 Å². The lowest BCUT2D eigenvalue weighted by atomic mass is 9.87. The SMILES string of the molecule is c1ccc(-c2cccc(-c3nc(-n4c5ccccc5c5c6cccc7c8cccc9c8c(cc8c9c9ccccc9n8-c8ccc9ccccc9c8)c(cc54)c76)nc4ccccc34)c2)cc1. The third-order valence-electron chi connectivity index (χ3n) is 14.2. The van der Waals surface area contributed by atoms with Crippen LogP contribution in [0.4, 0.5) is 0 Å². The average Bonchev–Trinajstić information content (AvgIpc) is 3.90. The Hall–Kier alpha value is -8.86. The van der Waals surface area contributed by atoms with Gasteiger partial charge in [0.05, 0.1) is 33.3 Å². The minimum Gasteiger partial charge on any atom is -0.309 e. The molecular weight excluding hydrogens is 801 g/mol. The Morgan fingerprint density at radius 3 is 1.53 bits per heavy atom. The Balaban J connectivity index is 1.08. The number of fused-ring (bicyclic) bond motifs is 12. The van der Waals surface area contributed by atoms with E-state index in [1.807, 2.05) is 0 Å². The van der Waals surface area contributed by atoms with E-state index in [4.69, 9.17) is 9.97 Å². The van der Waals surface area contributed by atoms with Crippen LogP contribution in [0, 0.1) is 0 Å². The van der Waals surface area contributed by atoms with Crippen molar-refractivity contribution in [1.82, 2.24) is 19.1 Å². The normalized spacial score (nSPS) is 12.2. The van der Waals surface area contributed by atoms with E-state index in [1.165, 1.54) is 92.0 Å². The lowest BCUT2D eigenvalue weighted by molar-refractivity contribution is 1.01. The Labute approximate surface area is 378 Å². The van der Waals surface area contributed by atoms with Crippen LogP contribution in [0.15, 0.2) is 218 Å². The summed E-state index contributed by atoms with van der Waals surface area (Å²) in [6.07, 6.45) is 0. The van der Waals surface area contributed by atoms with E-state index in [-0.39, 0.29) is 0 Å². The van der Waals surface area contributed by atoms with Crippen molar-refractivity contribution in [1.29, 1.82) is 0 Å². The van der Waals surface area contributed by atoms with E-state index in [9.17, 15) is 0 Å². The van der Waals surface area contributed by atoms with Gasteiger partial charge in [-0.05, 0) is 114 Å². The van der Waals surface area contributed by atoms with Gasteiger partial charge in [0.2, 0.25) is 5.95 Å². The number of hydrogen-bond acceptors (Lipinski definition) is 2. The lowest BCUT2D eigenvalue weighted by Gasteiger charge is -2.17. The first-order chi connectivity index (χ1) is 32.7. The zero-order chi connectivity index (χ0) is 43.0. The second-order valence-corrected chi connectivity index (χ2v) is 17.7. The van der Waals surface area contributed by atoms with E-state index in [0.717, 1.165) is 44.4 Å². The second-order valence-electron chi connectivity index (χ2n) is 17.7. The monoisotopic (exact) mass is 836 g/mol. The third kappa shape index (κ3) is 4.87. The van der Waals surface area contributed by atoms with Crippen LogP contribution in [-0.4, -0.2) is 19.1 Å². The molecule has 0 radical (unpaired) electrons. The maximum absolute atomic E-state index is 5.57. The summed E-state index contributed by atoms with van der Waals surface area (Å²) in [5.41, 5.74) is 10.9. The number of aromatic nitrogens is 4. The first-order valence-corrected chi connectivity index (χ1v) is 22.7. The molecule has 12 aromatic carbocycles. The molecule has 0 saturated heterocycles. The van der Waals surface area contributed by atoms with Gasteiger partial charge < -0.3 is 4.57 Å². The molecule has 3 heterocycles. The Morgan fingerprint density at radius 1 is 0.273 bits per heavy atom. The molecule has 0 aliphatic carbocycles. The maximum Gasteiger partial charge on any atom is 0.235 e. The quantitative estimate of drug-likeness (QED) is 0.131. The summed E-state index contributed by atoms with van der Waals surface area (Å²) in [5.74, 6) is 0.649. The topological polar surface area (TPSA) is 35.6 Å². The number of hydrogen-bond donors (Lipinski definition) is 0. The van der Waals surface area contributed by atoms with E-state index >= 15 is 0 Å². The zero-order valence-corrected chi connectivity index (χ0v) is 35.6. The van der Waals surface area contributed by atoms with Crippen molar-refractivity contribution < 1.29 is 0 Å². The first kappa shape index (κ1) is 35.6. The van der Waals surface area contributed by atoms with Gasteiger partial charge in [-0.3, -0.25) is 4.57 Å². The molecule has 0 atom stereocenters. The largest absolute Gasteiger partial charge is 0.309 e. The van der Waals surface area contributed by atoms with E-state index in [1.54, 1.807) is 0 Å².